The highest BCUT2D eigenvalue weighted by molar-refractivity contribution is 9.09. The Morgan fingerprint density at radius 1 is 1.62 bits per heavy atom. The quantitative estimate of drug-likeness (QED) is 0.528. The third-order valence-electron chi connectivity index (χ3n) is 0.309. The van der Waals surface area contributed by atoms with Crippen molar-refractivity contribution in [3.8, 4) is 0 Å². The molecule has 6 heteroatoms. The molecule has 0 aromatic heterocycles. The molecule has 0 amide bonds. The van der Waals surface area contributed by atoms with Crippen molar-refractivity contribution < 1.29 is 17.2 Å². The van der Waals surface area contributed by atoms with E-state index in [1.54, 1.807) is 0 Å². The van der Waals surface area contributed by atoms with Gasteiger partial charge in [-0.3, -0.25) is 4.55 Å². The predicted molar refractivity (Wildman–Crippen MR) is 31.3 cm³/mol. The lowest BCUT2D eigenvalue weighted by atomic mass is 10.9. The van der Waals surface area contributed by atoms with Crippen molar-refractivity contribution in [2.75, 3.05) is 11.9 Å². The number of rotatable bonds is 3. The highest BCUT2D eigenvalue weighted by Crippen LogP contribution is 1.87. The van der Waals surface area contributed by atoms with Crippen molar-refractivity contribution in [1.82, 2.24) is 0 Å². The summed E-state index contributed by atoms with van der Waals surface area (Å²) in [6.07, 6.45) is 0. The lowest BCUT2D eigenvalue weighted by molar-refractivity contribution is 0.286. The monoisotopic (exact) mass is 204 g/mol. The summed E-state index contributed by atoms with van der Waals surface area (Å²) < 4.78 is 31.1. The summed E-state index contributed by atoms with van der Waals surface area (Å²) in [6.45, 7) is -0.0428. The Morgan fingerprint density at radius 3 is 2.25 bits per heavy atom. The normalized spacial score (nSPS) is 11.8. The summed E-state index contributed by atoms with van der Waals surface area (Å²) >= 11 is 2.90. The Kier molecular flexibility index (Phi) is 3.54. The van der Waals surface area contributed by atoms with Gasteiger partial charge >= 0.3 is 10.4 Å². The summed E-state index contributed by atoms with van der Waals surface area (Å²) in [5, 5.41) is 0.382. The van der Waals surface area contributed by atoms with Gasteiger partial charge in [0.25, 0.3) is 0 Å². The molecule has 0 heterocycles. The molecule has 0 saturated carbocycles. The molecule has 1 N–H and O–H groups in total. The second-order valence-corrected chi connectivity index (χ2v) is 2.82. The molecule has 0 aromatic rings. The van der Waals surface area contributed by atoms with Crippen LogP contribution in [0.25, 0.3) is 0 Å². The molecule has 0 atom stereocenters. The molecule has 0 aliphatic rings. The smallest absolute Gasteiger partial charge is 0.264 e. The minimum Gasteiger partial charge on any atom is -0.264 e. The molecule has 8 heavy (non-hydrogen) atoms. The SMILES string of the molecule is O=S(=O)(O)OCCBr. The van der Waals surface area contributed by atoms with Crippen molar-refractivity contribution in [3.63, 3.8) is 0 Å². The van der Waals surface area contributed by atoms with Crippen molar-refractivity contribution in [3.05, 3.63) is 0 Å². The predicted octanol–water partition coefficient (Wildman–Crippen LogP) is 0.201. The van der Waals surface area contributed by atoms with Crippen LogP contribution in [0.1, 0.15) is 0 Å². The van der Waals surface area contributed by atoms with Crippen LogP contribution in [0.4, 0.5) is 0 Å². The van der Waals surface area contributed by atoms with Gasteiger partial charge in [-0.2, -0.15) is 8.42 Å². The Balaban J connectivity index is 3.42. The van der Waals surface area contributed by atoms with Gasteiger partial charge in [-0.1, -0.05) is 15.9 Å². The van der Waals surface area contributed by atoms with Crippen molar-refractivity contribution in [2.24, 2.45) is 0 Å². The van der Waals surface area contributed by atoms with E-state index in [1.165, 1.54) is 0 Å². The average molecular weight is 205 g/mol. The van der Waals surface area contributed by atoms with Gasteiger partial charge < -0.3 is 0 Å². The first kappa shape index (κ1) is 8.35. The molecule has 0 rings (SSSR count). The van der Waals surface area contributed by atoms with Crippen LogP contribution in [0.3, 0.4) is 0 Å². The van der Waals surface area contributed by atoms with E-state index >= 15 is 0 Å². The molecular weight excluding hydrogens is 200 g/mol. The molecule has 0 radical (unpaired) electrons. The van der Waals surface area contributed by atoms with E-state index in [0.29, 0.717) is 5.33 Å². The average Bonchev–Trinajstić information content (AvgIpc) is 1.59. The molecule has 0 fully saturated rings. The third-order valence-corrected chi connectivity index (χ3v) is 1.10. The van der Waals surface area contributed by atoms with Gasteiger partial charge in [0.1, 0.15) is 0 Å². The molecule has 0 saturated heterocycles. The summed E-state index contributed by atoms with van der Waals surface area (Å²) in [6, 6.07) is 0. The largest absolute Gasteiger partial charge is 0.397 e. The van der Waals surface area contributed by atoms with E-state index < -0.39 is 10.4 Å². The van der Waals surface area contributed by atoms with Crippen LogP contribution in [0.2, 0.25) is 0 Å². The van der Waals surface area contributed by atoms with Crippen LogP contribution in [0.5, 0.6) is 0 Å². The van der Waals surface area contributed by atoms with Gasteiger partial charge in [0, 0.05) is 5.33 Å². The molecule has 4 nitrogen and oxygen atoms in total. The molecule has 0 bridgehead atoms. The molecule has 0 aliphatic carbocycles. The zero-order chi connectivity index (χ0) is 6.62. The molecule has 0 spiro atoms. The molecule has 0 unspecified atom stereocenters. The fraction of sp³-hybridized carbons (Fsp3) is 1.00. The molecule has 0 aliphatic heterocycles. The summed E-state index contributed by atoms with van der Waals surface area (Å²) in [5.74, 6) is 0. The Bertz CT molecular complexity index is 138. The van der Waals surface area contributed by atoms with E-state index in [9.17, 15) is 8.42 Å². The standard InChI is InChI=1S/C2H5BrO4S/c3-1-2-7-8(4,5)6/h1-2H2,(H,4,5,6). The maximum absolute atomic E-state index is 9.70. The minimum atomic E-state index is -4.22. The topological polar surface area (TPSA) is 63.6 Å². The fourth-order valence-corrected chi connectivity index (χ4v) is 0.807. The van der Waals surface area contributed by atoms with Crippen LogP contribution in [-0.2, 0) is 14.6 Å². The Morgan fingerprint density at radius 2 is 2.12 bits per heavy atom. The summed E-state index contributed by atoms with van der Waals surface area (Å²) in [5.41, 5.74) is 0. The first-order valence-electron chi connectivity index (χ1n) is 1.74. The number of hydrogen-bond acceptors (Lipinski definition) is 3. The molecule has 0 aromatic carbocycles. The Labute approximate surface area is 55.9 Å². The van der Waals surface area contributed by atoms with Crippen molar-refractivity contribution >= 4 is 26.3 Å². The molecular formula is C2H5BrO4S. The van der Waals surface area contributed by atoms with Gasteiger partial charge in [-0.05, 0) is 0 Å². The van der Waals surface area contributed by atoms with E-state index in [0.717, 1.165) is 0 Å². The van der Waals surface area contributed by atoms with Crippen LogP contribution < -0.4 is 0 Å². The second kappa shape index (κ2) is 3.39. The maximum Gasteiger partial charge on any atom is 0.397 e. The van der Waals surface area contributed by atoms with Crippen molar-refractivity contribution in [1.29, 1.82) is 0 Å². The zero-order valence-corrected chi connectivity index (χ0v) is 6.27. The van der Waals surface area contributed by atoms with Gasteiger partial charge in [-0.15, -0.1) is 0 Å². The van der Waals surface area contributed by atoms with E-state index in [4.69, 9.17) is 4.55 Å². The number of hydrogen-bond donors (Lipinski definition) is 1. The van der Waals surface area contributed by atoms with Crippen LogP contribution in [0.15, 0.2) is 0 Å². The van der Waals surface area contributed by atoms with Gasteiger partial charge in [0.15, 0.2) is 0 Å². The fourth-order valence-electron chi connectivity index (χ4n) is 0.137. The highest BCUT2D eigenvalue weighted by Gasteiger charge is 2.00. The van der Waals surface area contributed by atoms with Gasteiger partial charge in [0.2, 0.25) is 0 Å². The third kappa shape index (κ3) is 6.35. The van der Waals surface area contributed by atoms with Crippen LogP contribution >= 0.6 is 15.9 Å². The zero-order valence-electron chi connectivity index (χ0n) is 3.87. The number of halogens is 1. The van der Waals surface area contributed by atoms with E-state index in [1.807, 2.05) is 0 Å². The summed E-state index contributed by atoms with van der Waals surface area (Å²) in [4.78, 5) is 0. The first-order chi connectivity index (χ1) is 3.56. The molecule has 50 valence electrons. The van der Waals surface area contributed by atoms with Crippen LogP contribution in [-0.4, -0.2) is 24.9 Å². The van der Waals surface area contributed by atoms with Gasteiger partial charge in [-0.25, -0.2) is 4.18 Å². The van der Waals surface area contributed by atoms with Crippen LogP contribution in [0, 0.1) is 0 Å². The first-order valence-corrected chi connectivity index (χ1v) is 4.23. The van der Waals surface area contributed by atoms with E-state index in [2.05, 4.69) is 20.1 Å². The second-order valence-electron chi connectivity index (χ2n) is 0.939. The maximum atomic E-state index is 9.70. The highest BCUT2D eigenvalue weighted by atomic mass is 79.9. The van der Waals surface area contributed by atoms with Gasteiger partial charge in [0.05, 0.1) is 6.61 Å². The van der Waals surface area contributed by atoms with Crippen molar-refractivity contribution in [2.45, 2.75) is 0 Å². The Hall–Kier alpha value is 0.350. The minimum absolute atomic E-state index is 0.0428. The van der Waals surface area contributed by atoms with E-state index in [-0.39, 0.29) is 6.61 Å². The summed E-state index contributed by atoms with van der Waals surface area (Å²) in [7, 11) is -4.22. The lowest BCUT2D eigenvalue weighted by Gasteiger charge is -1.91. The number of alkyl halides is 1. The lowest BCUT2D eigenvalue weighted by Crippen LogP contribution is -2.04.